The largest absolute Gasteiger partial charge is 0.361 e. The number of nitrogens with one attached hydrogen (secondary N) is 1. The Balaban J connectivity index is 1.85. The second-order valence-electron chi connectivity index (χ2n) is 5.41. The second-order valence-corrected chi connectivity index (χ2v) is 6.35. The Bertz CT molecular complexity index is 510. The molecule has 18 heavy (non-hydrogen) atoms. The van der Waals surface area contributed by atoms with Gasteiger partial charge in [0.25, 0.3) is 0 Å². The third-order valence-corrected chi connectivity index (χ3v) is 3.43. The fraction of sp³-hybridized carbons (Fsp3) is 0.538. The van der Waals surface area contributed by atoms with Crippen molar-refractivity contribution in [3.05, 3.63) is 33.6 Å². The maximum Gasteiger partial charge on any atom is 0.133 e. The molecule has 0 saturated carbocycles. The smallest absolute Gasteiger partial charge is 0.133 e. The second kappa shape index (κ2) is 5.20. The fourth-order valence-corrected chi connectivity index (χ4v) is 2.53. The molecule has 2 heterocycles. The zero-order chi connectivity index (χ0) is 13.2. The molecule has 0 spiro atoms. The summed E-state index contributed by atoms with van der Waals surface area (Å²) in [4.78, 5) is 4.63. The Labute approximate surface area is 111 Å². The van der Waals surface area contributed by atoms with Crippen molar-refractivity contribution in [2.75, 3.05) is 0 Å². The lowest BCUT2D eigenvalue weighted by atomic mass is 9.93. The van der Waals surface area contributed by atoms with Crippen LogP contribution in [0.15, 0.2) is 16.0 Å². The van der Waals surface area contributed by atoms with Crippen molar-refractivity contribution in [2.45, 2.75) is 46.2 Å². The molecular weight excluding hydrogens is 246 g/mol. The minimum Gasteiger partial charge on any atom is -0.361 e. The van der Waals surface area contributed by atoms with E-state index in [1.165, 1.54) is 0 Å². The first-order valence-electron chi connectivity index (χ1n) is 6.03. The number of hydrogen-bond acceptors (Lipinski definition) is 5. The Morgan fingerprint density at radius 3 is 2.67 bits per heavy atom. The molecule has 0 unspecified atom stereocenters. The summed E-state index contributed by atoms with van der Waals surface area (Å²) in [5, 5.41) is 10.5. The van der Waals surface area contributed by atoms with Crippen LogP contribution in [0, 0.1) is 6.92 Å². The van der Waals surface area contributed by atoms with E-state index < -0.39 is 0 Å². The van der Waals surface area contributed by atoms with Crippen LogP contribution in [0.25, 0.3) is 0 Å². The zero-order valence-electron chi connectivity index (χ0n) is 11.3. The summed E-state index contributed by atoms with van der Waals surface area (Å²) in [7, 11) is 0. The van der Waals surface area contributed by atoms with E-state index >= 15 is 0 Å². The average Bonchev–Trinajstić information content (AvgIpc) is 2.87. The van der Waals surface area contributed by atoms with E-state index in [9.17, 15) is 0 Å². The molecule has 0 aliphatic heterocycles. The van der Waals surface area contributed by atoms with Crippen molar-refractivity contribution in [3.8, 4) is 0 Å². The van der Waals surface area contributed by atoms with Gasteiger partial charge in [-0.05, 0) is 6.92 Å². The Morgan fingerprint density at radius 1 is 1.33 bits per heavy atom. The van der Waals surface area contributed by atoms with E-state index in [4.69, 9.17) is 4.52 Å². The highest BCUT2D eigenvalue weighted by atomic mass is 32.1. The summed E-state index contributed by atoms with van der Waals surface area (Å²) < 4.78 is 5.01. The van der Waals surface area contributed by atoms with Crippen LogP contribution >= 0.6 is 11.3 Å². The van der Waals surface area contributed by atoms with Gasteiger partial charge in [0.1, 0.15) is 10.8 Å². The van der Waals surface area contributed by atoms with Crippen LogP contribution in [0.1, 0.15) is 42.9 Å². The Kier molecular flexibility index (Phi) is 3.82. The molecule has 2 aromatic heterocycles. The minimum atomic E-state index is 0.123. The van der Waals surface area contributed by atoms with Crippen LogP contribution in [0.3, 0.4) is 0 Å². The molecule has 0 aromatic carbocycles. The van der Waals surface area contributed by atoms with Gasteiger partial charge in [0.2, 0.25) is 0 Å². The van der Waals surface area contributed by atoms with Crippen molar-refractivity contribution in [1.29, 1.82) is 0 Å². The SMILES string of the molecule is Cc1cc(CNCc2nc(C(C)(C)C)cs2)no1. The number of thiazole rings is 1. The summed E-state index contributed by atoms with van der Waals surface area (Å²) in [6, 6.07) is 1.94. The molecule has 0 bridgehead atoms. The molecule has 0 aliphatic rings. The zero-order valence-corrected chi connectivity index (χ0v) is 12.1. The quantitative estimate of drug-likeness (QED) is 0.923. The van der Waals surface area contributed by atoms with Crippen LogP contribution in [0.2, 0.25) is 0 Å². The number of hydrogen-bond donors (Lipinski definition) is 1. The van der Waals surface area contributed by atoms with Gasteiger partial charge in [-0.25, -0.2) is 4.98 Å². The van der Waals surface area contributed by atoms with Gasteiger partial charge >= 0.3 is 0 Å². The average molecular weight is 265 g/mol. The van der Waals surface area contributed by atoms with Crippen LogP contribution in [0.4, 0.5) is 0 Å². The van der Waals surface area contributed by atoms with Crippen molar-refractivity contribution >= 4 is 11.3 Å². The van der Waals surface area contributed by atoms with Gasteiger partial charge in [-0.2, -0.15) is 0 Å². The fourth-order valence-electron chi connectivity index (χ4n) is 1.54. The molecule has 4 nitrogen and oxygen atoms in total. The molecule has 98 valence electrons. The van der Waals surface area contributed by atoms with E-state index in [1.807, 2.05) is 13.0 Å². The maximum atomic E-state index is 5.01. The van der Waals surface area contributed by atoms with Gasteiger partial charge in [-0.3, -0.25) is 0 Å². The maximum absolute atomic E-state index is 5.01. The van der Waals surface area contributed by atoms with Crippen LogP contribution in [-0.2, 0) is 18.5 Å². The van der Waals surface area contributed by atoms with E-state index in [2.05, 4.69) is 41.6 Å². The van der Waals surface area contributed by atoms with Gasteiger partial charge in [0.05, 0.1) is 11.4 Å². The molecule has 0 atom stereocenters. The summed E-state index contributed by atoms with van der Waals surface area (Å²) in [5.41, 5.74) is 2.21. The predicted molar refractivity (Wildman–Crippen MR) is 72.6 cm³/mol. The first kappa shape index (κ1) is 13.2. The van der Waals surface area contributed by atoms with E-state index in [0.717, 1.165) is 28.7 Å². The van der Waals surface area contributed by atoms with E-state index in [0.29, 0.717) is 6.54 Å². The lowest BCUT2D eigenvalue weighted by Gasteiger charge is -2.14. The molecule has 2 aromatic rings. The number of aryl methyl sites for hydroxylation is 1. The molecule has 1 N–H and O–H groups in total. The number of aromatic nitrogens is 2. The minimum absolute atomic E-state index is 0.123. The van der Waals surface area contributed by atoms with Gasteiger partial charge in [-0.1, -0.05) is 25.9 Å². The summed E-state index contributed by atoms with van der Waals surface area (Å²) >= 11 is 1.70. The third-order valence-electron chi connectivity index (χ3n) is 2.58. The van der Waals surface area contributed by atoms with E-state index in [-0.39, 0.29) is 5.41 Å². The molecule has 0 aliphatic carbocycles. The van der Waals surface area contributed by atoms with Crippen LogP contribution in [0.5, 0.6) is 0 Å². The van der Waals surface area contributed by atoms with Gasteiger partial charge < -0.3 is 9.84 Å². The highest BCUT2D eigenvalue weighted by Gasteiger charge is 2.17. The van der Waals surface area contributed by atoms with Gasteiger partial charge in [0, 0.05) is 30.0 Å². The van der Waals surface area contributed by atoms with E-state index in [1.54, 1.807) is 11.3 Å². The molecule has 2 rings (SSSR count). The highest BCUT2D eigenvalue weighted by Crippen LogP contribution is 2.23. The highest BCUT2D eigenvalue weighted by molar-refractivity contribution is 7.09. The van der Waals surface area contributed by atoms with Crippen LogP contribution < -0.4 is 5.32 Å². The Morgan fingerprint density at radius 2 is 2.11 bits per heavy atom. The monoisotopic (exact) mass is 265 g/mol. The van der Waals surface area contributed by atoms with Gasteiger partial charge in [-0.15, -0.1) is 11.3 Å². The summed E-state index contributed by atoms with van der Waals surface area (Å²) in [6.07, 6.45) is 0. The van der Waals surface area contributed by atoms with Gasteiger partial charge in [0.15, 0.2) is 0 Å². The lowest BCUT2D eigenvalue weighted by molar-refractivity contribution is 0.388. The van der Waals surface area contributed by atoms with Crippen LogP contribution in [-0.4, -0.2) is 10.1 Å². The molecule has 0 radical (unpaired) electrons. The third kappa shape index (κ3) is 3.40. The Hall–Kier alpha value is -1.20. The topological polar surface area (TPSA) is 51.0 Å². The van der Waals surface area contributed by atoms with Crippen molar-refractivity contribution in [3.63, 3.8) is 0 Å². The molecule has 0 amide bonds. The van der Waals surface area contributed by atoms with Crippen molar-refractivity contribution in [1.82, 2.24) is 15.5 Å². The lowest BCUT2D eigenvalue weighted by Crippen LogP contribution is -2.14. The number of rotatable bonds is 4. The summed E-state index contributed by atoms with van der Waals surface area (Å²) in [6.45, 7) is 9.91. The van der Waals surface area contributed by atoms with Crippen molar-refractivity contribution in [2.24, 2.45) is 0 Å². The summed E-state index contributed by atoms with van der Waals surface area (Å²) in [5.74, 6) is 0.844. The molecule has 0 saturated heterocycles. The van der Waals surface area contributed by atoms with Crippen molar-refractivity contribution < 1.29 is 4.52 Å². The predicted octanol–water partition coefficient (Wildman–Crippen LogP) is 3.03. The number of nitrogens with zero attached hydrogens (tertiary/aromatic N) is 2. The molecule has 0 fully saturated rings. The molecule has 5 heteroatoms. The first-order valence-corrected chi connectivity index (χ1v) is 6.91. The normalized spacial score (nSPS) is 12.0. The standard InChI is InChI=1S/C13H19N3OS/c1-9-5-10(16-17-9)6-14-7-12-15-11(8-18-12)13(2,3)4/h5,8,14H,6-7H2,1-4H3. The first-order chi connectivity index (χ1) is 8.45. The molecular formula is C13H19N3OS.